The van der Waals surface area contributed by atoms with Crippen molar-refractivity contribution in [1.29, 1.82) is 0 Å². The predicted molar refractivity (Wildman–Crippen MR) is 78.5 cm³/mol. The number of rotatable bonds is 4. The van der Waals surface area contributed by atoms with Gasteiger partial charge in [0.15, 0.2) is 0 Å². The molecular weight excluding hydrogens is 252 g/mol. The minimum atomic E-state index is -0.679. The molecule has 1 aromatic carbocycles. The number of benzene rings is 1. The molecule has 0 radical (unpaired) electrons. The average molecular weight is 274 g/mol. The standard InChI is InChI=1S/C17H22O3/c1-12-6-8-14(9-7-12)19-11-15(18)17-10-13-4-2-3-5-16(13)20-17/h2-5,10,12,14-15,18H,6-9,11H2,1H3. The smallest absolute Gasteiger partial charge is 0.136 e. The van der Waals surface area contributed by atoms with Gasteiger partial charge in [-0.2, -0.15) is 0 Å². The van der Waals surface area contributed by atoms with Crippen molar-refractivity contribution < 1.29 is 14.3 Å². The van der Waals surface area contributed by atoms with Crippen LogP contribution in [0.2, 0.25) is 0 Å². The number of hydrogen-bond donors (Lipinski definition) is 1. The molecule has 1 saturated carbocycles. The van der Waals surface area contributed by atoms with E-state index < -0.39 is 6.10 Å². The van der Waals surface area contributed by atoms with Crippen molar-refractivity contribution in [3.63, 3.8) is 0 Å². The van der Waals surface area contributed by atoms with Gasteiger partial charge in [-0.25, -0.2) is 0 Å². The number of fused-ring (bicyclic) bond motifs is 1. The molecule has 1 aliphatic rings. The number of aliphatic hydroxyl groups is 1. The molecule has 1 fully saturated rings. The molecule has 108 valence electrons. The normalized spacial score (nSPS) is 24.9. The van der Waals surface area contributed by atoms with Crippen LogP contribution in [0.25, 0.3) is 11.0 Å². The van der Waals surface area contributed by atoms with Gasteiger partial charge in [0.2, 0.25) is 0 Å². The number of hydrogen-bond acceptors (Lipinski definition) is 3. The van der Waals surface area contributed by atoms with Crippen molar-refractivity contribution in [1.82, 2.24) is 0 Å². The first kappa shape index (κ1) is 13.7. The van der Waals surface area contributed by atoms with Gasteiger partial charge in [-0.05, 0) is 43.7 Å². The molecule has 0 spiro atoms. The summed E-state index contributed by atoms with van der Waals surface area (Å²) in [5.74, 6) is 1.41. The van der Waals surface area contributed by atoms with Crippen LogP contribution in [0, 0.1) is 5.92 Å². The highest BCUT2D eigenvalue weighted by Crippen LogP contribution is 2.28. The summed E-state index contributed by atoms with van der Waals surface area (Å²) >= 11 is 0. The van der Waals surface area contributed by atoms with E-state index in [0.717, 1.165) is 29.7 Å². The molecule has 1 N–H and O–H groups in total. The van der Waals surface area contributed by atoms with Crippen molar-refractivity contribution >= 4 is 11.0 Å². The molecule has 3 rings (SSSR count). The lowest BCUT2D eigenvalue weighted by atomic mass is 9.89. The second-order valence-electron chi connectivity index (χ2n) is 5.92. The highest BCUT2D eigenvalue weighted by atomic mass is 16.5. The molecule has 3 heteroatoms. The summed E-state index contributed by atoms with van der Waals surface area (Å²) in [6, 6.07) is 9.69. The zero-order valence-electron chi connectivity index (χ0n) is 11.9. The molecule has 0 aliphatic heterocycles. The van der Waals surface area contributed by atoms with E-state index in [9.17, 15) is 5.11 Å². The Labute approximate surface area is 119 Å². The quantitative estimate of drug-likeness (QED) is 0.914. The van der Waals surface area contributed by atoms with Crippen LogP contribution in [-0.2, 0) is 4.74 Å². The fourth-order valence-electron chi connectivity index (χ4n) is 2.87. The first-order valence-corrected chi connectivity index (χ1v) is 7.50. The largest absolute Gasteiger partial charge is 0.458 e. The molecule has 1 unspecified atom stereocenters. The molecular formula is C17H22O3. The Balaban J connectivity index is 1.57. The molecule has 1 atom stereocenters. The predicted octanol–water partition coefficient (Wildman–Crippen LogP) is 4.06. The lowest BCUT2D eigenvalue weighted by molar-refractivity contribution is -0.0347. The van der Waals surface area contributed by atoms with Crippen LogP contribution >= 0.6 is 0 Å². The van der Waals surface area contributed by atoms with E-state index in [2.05, 4.69) is 6.92 Å². The topological polar surface area (TPSA) is 42.6 Å². The van der Waals surface area contributed by atoms with Crippen LogP contribution in [0.15, 0.2) is 34.7 Å². The van der Waals surface area contributed by atoms with E-state index in [-0.39, 0.29) is 0 Å². The van der Waals surface area contributed by atoms with Crippen molar-refractivity contribution in [3.8, 4) is 0 Å². The van der Waals surface area contributed by atoms with Gasteiger partial charge in [-0.15, -0.1) is 0 Å². The third-order valence-corrected chi connectivity index (χ3v) is 4.23. The lowest BCUT2D eigenvalue weighted by Crippen LogP contribution is -2.22. The van der Waals surface area contributed by atoms with Crippen LogP contribution in [0.5, 0.6) is 0 Å². The van der Waals surface area contributed by atoms with E-state index in [1.54, 1.807) is 0 Å². The maximum absolute atomic E-state index is 10.2. The average Bonchev–Trinajstić information content (AvgIpc) is 2.90. The molecule has 3 nitrogen and oxygen atoms in total. The highest BCUT2D eigenvalue weighted by molar-refractivity contribution is 5.77. The van der Waals surface area contributed by atoms with E-state index in [1.807, 2.05) is 30.3 Å². The Hall–Kier alpha value is -1.32. The maximum atomic E-state index is 10.2. The zero-order valence-corrected chi connectivity index (χ0v) is 11.9. The SMILES string of the molecule is CC1CCC(OCC(O)c2cc3ccccc3o2)CC1. The van der Waals surface area contributed by atoms with Crippen molar-refractivity contribution in [3.05, 3.63) is 36.1 Å². The van der Waals surface area contributed by atoms with Crippen LogP contribution in [0.1, 0.15) is 44.5 Å². The van der Waals surface area contributed by atoms with Gasteiger partial charge in [0.1, 0.15) is 17.4 Å². The number of aliphatic hydroxyl groups excluding tert-OH is 1. The van der Waals surface area contributed by atoms with Gasteiger partial charge in [0, 0.05) is 5.39 Å². The zero-order chi connectivity index (χ0) is 13.9. The fourth-order valence-corrected chi connectivity index (χ4v) is 2.87. The second kappa shape index (κ2) is 5.98. The molecule has 1 aliphatic carbocycles. The Kier molecular flexibility index (Phi) is 4.08. The van der Waals surface area contributed by atoms with Gasteiger partial charge in [-0.1, -0.05) is 25.1 Å². The first-order chi connectivity index (χ1) is 9.72. The molecule has 0 bridgehead atoms. The van der Waals surface area contributed by atoms with Gasteiger partial charge >= 0.3 is 0 Å². The maximum Gasteiger partial charge on any atom is 0.136 e. The second-order valence-corrected chi connectivity index (χ2v) is 5.92. The molecule has 1 heterocycles. The number of para-hydroxylation sites is 1. The van der Waals surface area contributed by atoms with Gasteiger partial charge in [0.25, 0.3) is 0 Å². The van der Waals surface area contributed by atoms with Gasteiger partial charge in [0.05, 0.1) is 12.7 Å². The Morgan fingerprint density at radius 1 is 1.25 bits per heavy atom. The Morgan fingerprint density at radius 3 is 2.75 bits per heavy atom. The highest BCUT2D eigenvalue weighted by Gasteiger charge is 2.21. The third kappa shape index (κ3) is 3.05. The lowest BCUT2D eigenvalue weighted by Gasteiger charge is -2.26. The van der Waals surface area contributed by atoms with Crippen molar-refractivity contribution in [2.75, 3.05) is 6.61 Å². The first-order valence-electron chi connectivity index (χ1n) is 7.50. The van der Waals surface area contributed by atoms with Crippen LogP contribution in [-0.4, -0.2) is 17.8 Å². The summed E-state index contributed by atoms with van der Waals surface area (Å²) in [5, 5.41) is 11.2. The molecule has 0 saturated heterocycles. The molecule has 20 heavy (non-hydrogen) atoms. The Morgan fingerprint density at radius 2 is 2.00 bits per heavy atom. The summed E-state index contributed by atoms with van der Waals surface area (Å²) in [6.45, 7) is 2.61. The number of ether oxygens (including phenoxy) is 1. The van der Waals surface area contributed by atoms with Gasteiger partial charge < -0.3 is 14.3 Å². The van der Waals surface area contributed by atoms with Crippen molar-refractivity contribution in [2.24, 2.45) is 5.92 Å². The summed E-state index contributed by atoms with van der Waals surface area (Å²) in [7, 11) is 0. The van der Waals surface area contributed by atoms with Crippen molar-refractivity contribution in [2.45, 2.75) is 44.8 Å². The fraction of sp³-hybridized carbons (Fsp3) is 0.529. The van der Waals surface area contributed by atoms with E-state index in [1.165, 1.54) is 12.8 Å². The summed E-state index contributed by atoms with van der Waals surface area (Å²) < 4.78 is 11.5. The van der Waals surface area contributed by atoms with Crippen LogP contribution < -0.4 is 0 Å². The monoisotopic (exact) mass is 274 g/mol. The summed E-state index contributed by atoms with van der Waals surface area (Å²) in [6.07, 6.45) is 4.28. The molecule has 1 aromatic heterocycles. The minimum absolute atomic E-state index is 0.297. The Bertz CT molecular complexity index is 519. The van der Waals surface area contributed by atoms with Crippen LogP contribution in [0.3, 0.4) is 0 Å². The van der Waals surface area contributed by atoms with E-state index in [4.69, 9.17) is 9.15 Å². The molecule has 2 aromatic rings. The third-order valence-electron chi connectivity index (χ3n) is 4.23. The summed E-state index contributed by atoms with van der Waals surface area (Å²) in [5.41, 5.74) is 0.813. The van der Waals surface area contributed by atoms with E-state index >= 15 is 0 Å². The summed E-state index contributed by atoms with van der Waals surface area (Å²) in [4.78, 5) is 0. The van der Waals surface area contributed by atoms with E-state index in [0.29, 0.717) is 18.5 Å². The number of furan rings is 1. The van der Waals surface area contributed by atoms with Crippen LogP contribution in [0.4, 0.5) is 0 Å². The molecule has 0 amide bonds. The van der Waals surface area contributed by atoms with Gasteiger partial charge in [-0.3, -0.25) is 0 Å². The minimum Gasteiger partial charge on any atom is -0.458 e.